The number of benzene rings is 1. The highest BCUT2D eigenvalue weighted by atomic mass is 15.2. The van der Waals surface area contributed by atoms with E-state index in [2.05, 4.69) is 36.1 Å². The van der Waals surface area contributed by atoms with E-state index in [0.717, 1.165) is 19.5 Å². The number of rotatable bonds is 4. The van der Waals surface area contributed by atoms with Gasteiger partial charge in [-0.15, -0.1) is 0 Å². The van der Waals surface area contributed by atoms with Crippen LogP contribution in [0.4, 0.5) is 0 Å². The molecule has 0 aliphatic carbocycles. The first-order valence-electron chi connectivity index (χ1n) is 6.35. The minimum atomic E-state index is 0.603. The Morgan fingerprint density at radius 1 is 1.25 bits per heavy atom. The van der Waals surface area contributed by atoms with Crippen molar-refractivity contribution in [1.82, 2.24) is 4.90 Å². The van der Waals surface area contributed by atoms with Crippen molar-refractivity contribution in [2.45, 2.75) is 38.8 Å². The summed E-state index contributed by atoms with van der Waals surface area (Å²) in [6.45, 7) is 5.26. The van der Waals surface area contributed by atoms with Crippen molar-refractivity contribution >= 4 is 0 Å². The molecule has 1 saturated heterocycles. The highest BCUT2D eigenvalue weighted by molar-refractivity contribution is 5.22. The molecule has 1 unspecified atom stereocenters. The molecule has 1 aromatic carbocycles. The molecule has 16 heavy (non-hydrogen) atoms. The van der Waals surface area contributed by atoms with Crippen LogP contribution < -0.4 is 5.73 Å². The number of likely N-dealkylation sites (tertiary alicyclic amines) is 1. The van der Waals surface area contributed by atoms with Crippen molar-refractivity contribution in [1.29, 1.82) is 0 Å². The first-order valence-corrected chi connectivity index (χ1v) is 6.35. The van der Waals surface area contributed by atoms with Gasteiger partial charge < -0.3 is 5.73 Å². The fraction of sp³-hybridized carbons (Fsp3) is 0.571. The minimum Gasteiger partial charge on any atom is -0.329 e. The Morgan fingerprint density at radius 2 is 1.94 bits per heavy atom. The average Bonchev–Trinajstić information content (AvgIpc) is 2.77. The molecule has 1 fully saturated rings. The van der Waals surface area contributed by atoms with Crippen LogP contribution in [0, 0.1) is 0 Å². The van der Waals surface area contributed by atoms with Crippen LogP contribution >= 0.6 is 0 Å². The molecule has 1 aromatic rings. The van der Waals surface area contributed by atoms with E-state index in [1.54, 1.807) is 0 Å². The Labute approximate surface area is 98.4 Å². The van der Waals surface area contributed by atoms with Gasteiger partial charge in [0.25, 0.3) is 0 Å². The van der Waals surface area contributed by atoms with Crippen molar-refractivity contribution in [2.75, 3.05) is 13.1 Å². The molecule has 0 radical (unpaired) electrons. The molecule has 0 amide bonds. The molecular formula is C14H22N2. The fourth-order valence-electron chi connectivity index (χ4n) is 2.49. The van der Waals surface area contributed by atoms with E-state index >= 15 is 0 Å². The van der Waals surface area contributed by atoms with Gasteiger partial charge in [0.2, 0.25) is 0 Å². The third-order valence-corrected chi connectivity index (χ3v) is 3.59. The van der Waals surface area contributed by atoms with Gasteiger partial charge in [0.1, 0.15) is 0 Å². The van der Waals surface area contributed by atoms with Gasteiger partial charge in [-0.2, -0.15) is 0 Å². The number of hydrogen-bond acceptors (Lipinski definition) is 2. The summed E-state index contributed by atoms with van der Waals surface area (Å²) in [7, 11) is 0. The van der Waals surface area contributed by atoms with Gasteiger partial charge in [-0.05, 0) is 36.9 Å². The number of nitrogens with zero attached hydrogens (tertiary/aromatic N) is 1. The van der Waals surface area contributed by atoms with E-state index in [1.165, 1.54) is 30.5 Å². The molecule has 1 atom stereocenters. The monoisotopic (exact) mass is 218 g/mol. The van der Waals surface area contributed by atoms with Crippen molar-refractivity contribution in [3.63, 3.8) is 0 Å². The van der Waals surface area contributed by atoms with Gasteiger partial charge in [-0.1, -0.05) is 31.2 Å². The number of aryl methyl sites for hydroxylation is 1. The zero-order valence-electron chi connectivity index (χ0n) is 10.2. The van der Waals surface area contributed by atoms with Crippen LogP contribution in [0.3, 0.4) is 0 Å². The maximum Gasteiger partial charge on any atom is 0.0237 e. The summed E-state index contributed by atoms with van der Waals surface area (Å²) >= 11 is 0. The Morgan fingerprint density at radius 3 is 2.56 bits per heavy atom. The first kappa shape index (κ1) is 11.6. The maximum atomic E-state index is 5.78. The molecule has 1 aliphatic heterocycles. The molecule has 0 saturated carbocycles. The number of hydrogen-bond donors (Lipinski definition) is 1. The fourth-order valence-corrected chi connectivity index (χ4v) is 2.49. The van der Waals surface area contributed by atoms with Crippen LogP contribution in [-0.4, -0.2) is 24.0 Å². The van der Waals surface area contributed by atoms with E-state index in [-0.39, 0.29) is 0 Å². The first-order chi connectivity index (χ1) is 7.83. The third-order valence-electron chi connectivity index (χ3n) is 3.59. The highest BCUT2D eigenvalue weighted by Crippen LogP contribution is 2.19. The van der Waals surface area contributed by atoms with Gasteiger partial charge >= 0.3 is 0 Å². The summed E-state index contributed by atoms with van der Waals surface area (Å²) in [5.41, 5.74) is 8.61. The van der Waals surface area contributed by atoms with Crippen molar-refractivity contribution in [2.24, 2.45) is 5.73 Å². The zero-order chi connectivity index (χ0) is 11.4. The molecule has 88 valence electrons. The Bertz CT molecular complexity index is 318. The minimum absolute atomic E-state index is 0.603. The van der Waals surface area contributed by atoms with Gasteiger partial charge in [0.05, 0.1) is 0 Å². The molecule has 2 N–H and O–H groups in total. The van der Waals surface area contributed by atoms with Crippen LogP contribution in [0.2, 0.25) is 0 Å². The quantitative estimate of drug-likeness (QED) is 0.839. The van der Waals surface area contributed by atoms with Gasteiger partial charge in [-0.25, -0.2) is 0 Å². The van der Waals surface area contributed by atoms with Crippen molar-refractivity contribution in [3.8, 4) is 0 Å². The Hall–Kier alpha value is -0.860. The second-order valence-electron chi connectivity index (χ2n) is 4.67. The van der Waals surface area contributed by atoms with Crippen LogP contribution in [0.1, 0.15) is 30.9 Å². The van der Waals surface area contributed by atoms with Crippen LogP contribution in [0.25, 0.3) is 0 Å². The molecule has 1 heterocycles. The second-order valence-corrected chi connectivity index (χ2v) is 4.67. The topological polar surface area (TPSA) is 29.3 Å². The lowest BCUT2D eigenvalue weighted by Gasteiger charge is -2.23. The molecule has 0 spiro atoms. The lowest BCUT2D eigenvalue weighted by molar-refractivity contribution is 0.250. The van der Waals surface area contributed by atoms with Crippen LogP contribution in [0.5, 0.6) is 0 Å². The highest BCUT2D eigenvalue weighted by Gasteiger charge is 2.22. The van der Waals surface area contributed by atoms with Crippen LogP contribution in [0.15, 0.2) is 24.3 Å². The van der Waals surface area contributed by atoms with Crippen molar-refractivity contribution in [3.05, 3.63) is 35.4 Å². The number of nitrogens with two attached hydrogens (primary N) is 1. The lowest BCUT2D eigenvalue weighted by atomic mass is 10.1. The SMILES string of the molecule is CCc1ccc(CN2CCCC2CN)cc1. The van der Waals surface area contributed by atoms with E-state index in [4.69, 9.17) is 5.73 Å². The second kappa shape index (κ2) is 5.46. The summed E-state index contributed by atoms with van der Waals surface area (Å²) in [5.74, 6) is 0. The molecule has 2 heteroatoms. The smallest absolute Gasteiger partial charge is 0.0237 e. The van der Waals surface area contributed by atoms with E-state index in [0.29, 0.717) is 6.04 Å². The molecule has 1 aliphatic rings. The van der Waals surface area contributed by atoms with Gasteiger partial charge in [0, 0.05) is 19.1 Å². The standard InChI is InChI=1S/C14H22N2/c1-2-12-5-7-13(8-6-12)11-16-9-3-4-14(16)10-15/h5-8,14H,2-4,9-11,15H2,1H3. The predicted molar refractivity (Wildman–Crippen MR) is 68.3 cm³/mol. The summed E-state index contributed by atoms with van der Waals surface area (Å²) in [6.07, 6.45) is 3.69. The average molecular weight is 218 g/mol. The van der Waals surface area contributed by atoms with E-state index in [9.17, 15) is 0 Å². The summed E-state index contributed by atoms with van der Waals surface area (Å²) in [5, 5.41) is 0. The normalized spacial score (nSPS) is 21.5. The summed E-state index contributed by atoms with van der Waals surface area (Å²) < 4.78 is 0. The molecule has 0 bridgehead atoms. The lowest BCUT2D eigenvalue weighted by Crippen LogP contribution is -2.34. The summed E-state index contributed by atoms with van der Waals surface area (Å²) in [4.78, 5) is 2.51. The molecular weight excluding hydrogens is 196 g/mol. The Balaban J connectivity index is 1.97. The van der Waals surface area contributed by atoms with Crippen LogP contribution in [-0.2, 0) is 13.0 Å². The zero-order valence-corrected chi connectivity index (χ0v) is 10.2. The van der Waals surface area contributed by atoms with E-state index < -0.39 is 0 Å². The van der Waals surface area contributed by atoms with Gasteiger partial charge in [-0.3, -0.25) is 4.90 Å². The molecule has 2 rings (SSSR count). The largest absolute Gasteiger partial charge is 0.329 e. The molecule has 0 aromatic heterocycles. The van der Waals surface area contributed by atoms with E-state index in [1.807, 2.05) is 0 Å². The Kier molecular flexibility index (Phi) is 3.97. The van der Waals surface area contributed by atoms with Gasteiger partial charge in [0.15, 0.2) is 0 Å². The predicted octanol–water partition coefficient (Wildman–Crippen LogP) is 2.17. The maximum absolute atomic E-state index is 5.78. The summed E-state index contributed by atoms with van der Waals surface area (Å²) in [6, 6.07) is 9.59. The van der Waals surface area contributed by atoms with Crippen molar-refractivity contribution < 1.29 is 0 Å². The molecule has 2 nitrogen and oxygen atoms in total. The third kappa shape index (κ3) is 2.63.